The van der Waals surface area contributed by atoms with Crippen molar-refractivity contribution in [3.8, 4) is 11.8 Å². The lowest BCUT2D eigenvalue weighted by molar-refractivity contribution is 0.0688. The molecule has 98 valence electrons. The molecule has 6 heteroatoms. The average molecular weight is 260 g/mol. The summed E-state index contributed by atoms with van der Waals surface area (Å²) in [6, 6.07) is 8.69. The standard InChI is InChI=1S/C13H12N2O4/c1-18-10-4-2-3-9(7-10)8-19-13-14-6-5-11(15-13)12(16)17/h2-7H,8H2,1H3,(H,16,17). The predicted octanol–water partition coefficient (Wildman–Crippen LogP) is 1.76. The summed E-state index contributed by atoms with van der Waals surface area (Å²) in [7, 11) is 1.58. The summed E-state index contributed by atoms with van der Waals surface area (Å²) in [6.07, 6.45) is 1.34. The summed E-state index contributed by atoms with van der Waals surface area (Å²) in [4.78, 5) is 18.4. The minimum Gasteiger partial charge on any atom is -0.497 e. The number of hydrogen-bond acceptors (Lipinski definition) is 5. The van der Waals surface area contributed by atoms with Gasteiger partial charge >= 0.3 is 12.0 Å². The van der Waals surface area contributed by atoms with Crippen molar-refractivity contribution in [2.75, 3.05) is 7.11 Å². The molecule has 0 radical (unpaired) electrons. The highest BCUT2D eigenvalue weighted by atomic mass is 16.5. The van der Waals surface area contributed by atoms with Crippen molar-refractivity contribution in [2.45, 2.75) is 6.61 Å². The van der Waals surface area contributed by atoms with Crippen LogP contribution in [0.3, 0.4) is 0 Å². The van der Waals surface area contributed by atoms with Crippen molar-refractivity contribution in [3.63, 3.8) is 0 Å². The second kappa shape index (κ2) is 5.81. The van der Waals surface area contributed by atoms with Gasteiger partial charge in [-0.25, -0.2) is 9.78 Å². The van der Waals surface area contributed by atoms with Gasteiger partial charge in [0.25, 0.3) is 0 Å². The number of nitrogens with zero attached hydrogens (tertiary/aromatic N) is 2. The van der Waals surface area contributed by atoms with E-state index in [1.165, 1.54) is 12.3 Å². The SMILES string of the molecule is COc1cccc(COc2nccc(C(=O)O)n2)c1. The zero-order valence-corrected chi connectivity index (χ0v) is 10.2. The van der Waals surface area contributed by atoms with Gasteiger partial charge < -0.3 is 14.6 Å². The van der Waals surface area contributed by atoms with Crippen LogP contribution in [-0.4, -0.2) is 28.2 Å². The normalized spacial score (nSPS) is 9.95. The lowest BCUT2D eigenvalue weighted by Crippen LogP contribution is -2.05. The first kappa shape index (κ1) is 12.8. The minimum absolute atomic E-state index is 0.0303. The average Bonchev–Trinajstić information content (AvgIpc) is 2.45. The van der Waals surface area contributed by atoms with E-state index in [1.807, 2.05) is 24.3 Å². The summed E-state index contributed by atoms with van der Waals surface area (Å²) in [5.41, 5.74) is 0.777. The summed E-state index contributed by atoms with van der Waals surface area (Å²) < 4.78 is 10.4. The molecular formula is C13H12N2O4. The molecule has 1 heterocycles. The summed E-state index contributed by atoms with van der Waals surface area (Å²) >= 11 is 0. The third-order valence-corrected chi connectivity index (χ3v) is 2.35. The number of benzene rings is 1. The van der Waals surface area contributed by atoms with E-state index in [0.717, 1.165) is 11.3 Å². The fraction of sp³-hybridized carbons (Fsp3) is 0.154. The number of aromatic nitrogens is 2. The van der Waals surface area contributed by atoms with Crippen molar-refractivity contribution in [2.24, 2.45) is 0 Å². The molecule has 0 aliphatic heterocycles. The zero-order valence-electron chi connectivity index (χ0n) is 10.2. The molecule has 0 spiro atoms. The number of rotatable bonds is 5. The maximum absolute atomic E-state index is 10.7. The number of aromatic carboxylic acids is 1. The third-order valence-electron chi connectivity index (χ3n) is 2.35. The first-order valence-electron chi connectivity index (χ1n) is 5.51. The molecule has 2 aromatic rings. The lowest BCUT2D eigenvalue weighted by atomic mass is 10.2. The van der Waals surface area contributed by atoms with Gasteiger partial charge in [-0.05, 0) is 23.8 Å². The van der Waals surface area contributed by atoms with E-state index in [4.69, 9.17) is 14.6 Å². The molecule has 19 heavy (non-hydrogen) atoms. The van der Waals surface area contributed by atoms with Gasteiger partial charge in [-0.1, -0.05) is 12.1 Å². The Balaban J connectivity index is 2.05. The first-order valence-corrected chi connectivity index (χ1v) is 5.51. The quantitative estimate of drug-likeness (QED) is 0.882. The molecule has 0 saturated carbocycles. The van der Waals surface area contributed by atoms with Crippen molar-refractivity contribution < 1.29 is 19.4 Å². The molecule has 0 saturated heterocycles. The van der Waals surface area contributed by atoms with Crippen LogP contribution in [0.5, 0.6) is 11.8 Å². The topological polar surface area (TPSA) is 81.5 Å². The predicted molar refractivity (Wildman–Crippen MR) is 66.3 cm³/mol. The monoisotopic (exact) mass is 260 g/mol. The van der Waals surface area contributed by atoms with Gasteiger partial charge in [0.05, 0.1) is 7.11 Å². The molecule has 0 unspecified atom stereocenters. The molecule has 0 aliphatic rings. The van der Waals surface area contributed by atoms with Crippen LogP contribution in [0.4, 0.5) is 0 Å². The van der Waals surface area contributed by atoms with Gasteiger partial charge in [0.2, 0.25) is 0 Å². The first-order chi connectivity index (χ1) is 9.19. The van der Waals surface area contributed by atoms with Gasteiger partial charge in [0.15, 0.2) is 5.69 Å². The zero-order chi connectivity index (χ0) is 13.7. The second-order valence-corrected chi connectivity index (χ2v) is 3.67. The van der Waals surface area contributed by atoms with Crippen LogP contribution in [0.2, 0.25) is 0 Å². The number of carboxylic acid groups (broad SMARTS) is 1. The Bertz CT molecular complexity index is 586. The highest BCUT2D eigenvalue weighted by molar-refractivity contribution is 5.85. The molecule has 0 bridgehead atoms. The van der Waals surface area contributed by atoms with Crippen molar-refractivity contribution in [1.29, 1.82) is 0 Å². The van der Waals surface area contributed by atoms with Crippen LogP contribution in [-0.2, 0) is 6.61 Å². The van der Waals surface area contributed by atoms with Gasteiger partial charge in [-0.2, -0.15) is 4.98 Å². The van der Waals surface area contributed by atoms with E-state index in [1.54, 1.807) is 7.11 Å². The van der Waals surface area contributed by atoms with Crippen LogP contribution in [0.1, 0.15) is 16.1 Å². The molecule has 2 rings (SSSR count). The van der Waals surface area contributed by atoms with E-state index in [-0.39, 0.29) is 18.3 Å². The van der Waals surface area contributed by atoms with Crippen molar-refractivity contribution in [3.05, 3.63) is 47.8 Å². The summed E-state index contributed by atoms with van der Waals surface area (Å²) in [5, 5.41) is 8.80. The second-order valence-electron chi connectivity index (χ2n) is 3.67. The third kappa shape index (κ3) is 3.41. The molecular weight excluding hydrogens is 248 g/mol. The van der Waals surface area contributed by atoms with Crippen LogP contribution in [0, 0.1) is 0 Å². The number of carbonyl (C=O) groups is 1. The minimum atomic E-state index is -1.12. The molecule has 1 aromatic heterocycles. The highest BCUT2D eigenvalue weighted by Crippen LogP contribution is 2.14. The molecule has 0 fully saturated rings. The largest absolute Gasteiger partial charge is 0.497 e. The number of hydrogen-bond donors (Lipinski definition) is 1. The van der Waals surface area contributed by atoms with Gasteiger partial charge in [-0.15, -0.1) is 0 Å². The maximum Gasteiger partial charge on any atom is 0.354 e. The van der Waals surface area contributed by atoms with E-state index in [0.29, 0.717) is 0 Å². The Hall–Kier alpha value is -2.63. The number of ether oxygens (including phenoxy) is 2. The fourth-order valence-corrected chi connectivity index (χ4v) is 1.44. The Morgan fingerprint density at radius 3 is 2.95 bits per heavy atom. The molecule has 0 atom stereocenters. The highest BCUT2D eigenvalue weighted by Gasteiger charge is 2.07. The number of methoxy groups -OCH3 is 1. The van der Waals surface area contributed by atoms with Crippen molar-refractivity contribution >= 4 is 5.97 Å². The van der Waals surface area contributed by atoms with E-state index < -0.39 is 5.97 Å². The van der Waals surface area contributed by atoms with Crippen molar-refractivity contribution in [1.82, 2.24) is 9.97 Å². The van der Waals surface area contributed by atoms with E-state index >= 15 is 0 Å². The Labute approximate surface area is 109 Å². The molecule has 1 aromatic carbocycles. The molecule has 1 N–H and O–H groups in total. The van der Waals surface area contributed by atoms with Gasteiger partial charge in [0.1, 0.15) is 12.4 Å². The van der Waals surface area contributed by atoms with Crippen LogP contribution in [0.15, 0.2) is 36.5 Å². The Kier molecular flexibility index (Phi) is 3.92. The smallest absolute Gasteiger partial charge is 0.354 e. The van der Waals surface area contributed by atoms with Gasteiger partial charge in [-0.3, -0.25) is 0 Å². The van der Waals surface area contributed by atoms with Crippen LogP contribution >= 0.6 is 0 Å². The summed E-state index contributed by atoms with van der Waals surface area (Å²) in [6.45, 7) is 0.236. The maximum atomic E-state index is 10.7. The van der Waals surface area contributed by atoms with Crippen LogP contribution < -0.4 is 9.47 Å². The molecule has 6 nitrogen and oxygen atoms in total. The Morgan fingerprint density at radius 1 is 1.37 bits per heavy atom. The van der Waals surface area contributed by atoms with Crippen LogP contribution in [0.25, 0.3) is 0 Å². The molecule has 0 aliphatic carbocycles. The van der Waals surface area contributed by atoms with E-state index in [9.17, 15) is 4.79 Å². The van der Waals surface area contributed by atoms with Gasteiger partial charge in [0, 0.05) is 6.20 Å². The molecule has 0 amide bonds. The summed E-state index contributed by atoms with van der Waals surface area (Å²) in [5.74, 6) is -0.394. The lowest BCUT2D eigenvalue weighted by Gasteiger charge is -2.06. The number of carboxylic acids is 1. The van der Waals surface area contributed by atoms with E-state index in [2.05, 4.69) is 9.97 Å². The Morgan fingerprint density at radius 2 is 2.21 bits per heavy atom. The fourth-order valence-electron chi connectivity index (χ4n) is 1.44.